The van der Waals surface area contributed by atoms with Crippen LogP contribution in [-0.4, -0.2) is 38.8 Å². The summed E-state index contributed by atoms with van der Waals surface area (Å²) < 4.78 is 14.7. The number of hydrogen-bond donors (Lipinski definition) is 3. The number of aliphatic imine (C=N–C) groups is 1. The van der Waals surface area contributed by atoms with E-state index >= 15 is 0 Å². The Morgan fingerprint density at radius 1 is 0.929 bits per heavy atom. The summed E-state index contributed by atoms with van der Waals surface area (Å²) in [5.41, 5.74) is 0.509. The molecule has 0 aliphatic rings. The van der Waals surface area contributed by atoms with Crippen molar-refractivity contribution in [2.45, 2.75) is 0 Å². The zero-order chi connectivity index (χ0) is 20.4. The molecule has 0 aromatic heterocycles. The predicted molar refractivity (Wildman–Crippen MR) is 101 cm³/mol. The molecule has 0 radical (unpaired) electrons. The summed E-state index contributed by atoms with van der Waals surface area (Å²) in [4.78, 5) is 38.0. The third-order valence-electron chi connectivity index (χ3n) is 3.21. The second-order valence-corrected chi connectivity index (χ2v) is 5.05. The molecule has 146 valence electrons. The minimum absolute atomic E-state index is 0.232. The molecule has 0 aliphatic carbocycles. The van der Waals surface area contributed by atoms with Gasteiger partial charge in [-0.05, 0) is 24.3 Å². The van der Waals surface area contributed by atoms with Gasteiger partial charge in [0.2, 0.25) is 12.4 Å². The molecule has 0 fully saturated rings. The van der Waals surface area contributed by atoms with Crippen molar-refractivity contribution < 1.29 is 28.6 Å². The molecule has 0 saturated heterocycles. The first-order valence-electron chi connectivity index (χ1n) is 7.91. The normalized spacial score (nSPS) is 9.50. The van der Waals surface area contributed by atoms with Crippen LogP contribution in [0.3, 0.4) is 0 Å². The lowest BCUT2D eigenvalue weighted by Gasteiger charge is -2.12. The monoisotopic (exact) mass is 386 g/mol. The zero-order valence-corrected chi connectivity index (χ0v) is 15.1. The third kappa shape index (κ3) is 6.02. The lowest BCUT2D eigenvalue weighted by molar-refractivity contribution is -0.105. The van der Waals surface area contributed by atoms with E-state index in [1.54, 1.807) is 18.2 Å². The minimum atomic E-state index is -0.857. The number of ether oxygens (including phenoxy) is 3. The molecule has 3 amide bonds. The molecule has 2 aromatic carbocycles. The number of rotatable bonds is 5. The summed E-state index contributed by atoms with van der Waals surface area (Å²) in [5.74, 6) is 0.790. The van der Waals surface area contributed by atoms with E-state index in [2.05, 4.69) is 30.4 Å². The van der Waals surface area contributed by atoms with E-state index in [0.717, 1.165) is 14.2 Å². The molecule has 0 aliphatic heterocycles. The molecule has 10 nitrogen and oxygen atoms in total. The van der Waals surface area contributed by atoms with Gasteiger partial charge >= 0.3 is 12.2 Å². The SMILES string of the molecule is COC(=O)NC(=Nc1ccc(Oc2ccccc2)cc1NC=O)NC(=O)OC. The topological polar surface area (TPSA) is 127 Å². The van der Waals surface area contributed by atoms with Crippen LogP contribution >= 0.6 is 0 Å². The second kappa shape index (κ2) is 10.2. The van der Waals surface area contributed by atoms with Crippen LogP contribution in [0.1, 0.15) is 0 Å². The van der Waals surface area contributed by atoms with Gasteiger partial charge in [-0.25, -0.2) is 14.6 Å². The molecule has 3 N–H and O–H groups in total. The predicted octanol–water partition coefficient (Wildman–Crippen LogP) is 2.75. The zero-order valence-electron chi connectivity index (χ0n) is 15.1. The van der Waals surface area contributed by atoms with E-state index in [4.69, 9.17) is 4.74 Å². The first-order chi connectivity index (χ1) is 13.5. The number of carbonyl (C=O) groups excluding carboxylic acids is 3. The highest BCUT2D eigenvalue weighted by molar-refractivity contribution is 6.03. The number of para-hydroxylation sites is 1. The summed E-state index contributed by atoms with van der Waals surface area (Å²) in [6.07, 6.45) is -1.25. The summed E-state index contributed by atoms with van der Waals surface area (Å²) in [6.45, 7) is 0. The summed E-state index contributed by atoms with van der Waals surface area (Å²) in [5, 5.41) is 6.95. The van der Waals surface area contributed by atoms with E-state index in [9.17, 15) is 14.4 Å². The first kappa shape index (κ1) is 20.2. The molecule has 0 bridgehead atoms. The second-order valence-electron chi connectivity index (χ2n) is 5.05. The van der Waals surface area contributed by atoms with Crippen molar-refractivity contribution in [2.24, 2.45) is 4.99 Å². The molecule has 0 atom stereocenters. The smallest absolute Gasteiger partial charge is 0.413 e. The number of anilines is 1. The number of guanidine groups is 1. The fourth-order valence-electron chi connectivity index (χ4n) is 1.98. The van der Waals surface area contributed by atoms with Gasteiger partial charge in [-0.2, -0.15) is 0 Å². The van der Waals surface area contributed by atoms with Crippen LogP contribution < -0.4 is 20.7 Å². The number of alkyl carbamates (subject to hydrolysis) is 2. The summed E-state index contributed by atoms with van der Waals surface area (Å²) in [6, 6.07) is 13.7. The Balaban J connectivity index is 2.34. The molecular formula is C18H18N4O6. The molecule has 28 heavy (non-hydrogen) atoms. The molecule has 0 spiro atoms. The summed E-state index contributed by atoms with van der Waals surface area (Å²) in [7, 11) is 2.31. The van der Waals surface area contributed by atoms with Crippen LogP contribution in [0, 0.1) is 0 Å². The number of carbonyl (C=O) groups is 3. The van der Waals surface area contributed by atoms with Crippen LogP contribution in [-0.2, 0) is 14.3 Å². The standard InChI is InChI=1S/C18H18N4O6/c1-26-17(24)21-16(22-18(25)27-2)20-14-9-8-13(10-15(14)19-11-23)28-12-6-4-3-5-7-12/h3-11H,1-2H3,(H,19,23)(H2,20,21,22,24,25). The van der Waals surface area contributed by atoms with Crippen molar-refractivity contribution in [2.75, 3.05) is 19.5 Å². The number of benzene rings is 2. The molecule has 2 aromatic rings. The Hall–Kier alpha value is -4.08. The van der Waals surface area contributed by atoms with Gasteiger partial charge in [-0.1, -0.05) is 18.2 Å². The highest BCUT2D eigenvalue weighted by Gasteiger charge is 2.12. The van der Waals surface area contributed by atoms with Crippen molar-refractivity contribution in [3.05, 3.63) is 48.5 Å². The lowest BCUT2D eigenvalue weighted by atomic mass is 10.2. The van der Waals surface area contributed by atoms with Gasteiger partial charge in [0.25, 0.3) is 0 Å². The van der Waals surface area contributed by atoms with E-state index < -0.39 is 12.2 Å². The van der Waals surface area contributed by atoms with Crippen LogP contribution in [0.25, 0.3) is 0 Å². The fourth-order valence-corrected chi connectivity index (χ4v) is 1.98. The van der Waals surface area contributed by atoms with Gasteiger partial charge in [0.15, 0.2) is 0 Å². The van der Waals surface area contributed by atoms with Crippen LogP contribution in [0.15, 0.2) is 53.5 Å². The van der Waals surface area contributed by atoms with Crippen molar-refractivity contribution >= 4 is 35.9 Å². The largest absolute Gasteiger partial charge is 0.457 e. The van der Waals surface area contributed by atoms with Crippen LogP contribution in [0.4, 0.5) is 21.0 Å². The van der Waals surface area contributed by atoms with Gasteiger partial charge < -0.3 is 19.5 Å². The van der Waals surface area contributed by atoms with Crippen molar-refractivity contribution in [3.8, 4) is 11.5 Å². The van der Waals surface area contributed by atoms with Crippen LogP contribution in [0.2, 0.25) is 0 Å². The van der Waals surface area contributed by atoms with E-state index in [1.807, 2.05) is 18.2 Å². The average molecular weight is 386 g/mol. The van der Waals surface area contributed by atoms with E-state index in [1.165, 1.54) is 12.1 Å². The molecular weight excluding hydrogens is 368 g/mol. The van der Waals surface area contributed by atoms with Gasteiger partial charge in [0.05, 0.1) is 25.6 Å². The van der Waals surface area contributed by atoms with Gasteiger partial charge in [-0.15, -0.1) is 0 Å². The first-order valence-corrected chi connectivity index (χ1v) is 7.91. The lowest BCUT2D eigenvalue weighted by Crippen LogP contribution is -2.43. The van der Waals surface area contributed by atoms with Gasteiger partial charge in [0.1, 0.15) is 11.5 Å². The maximum atomic E-state index is 11.5. The van der Waals surface area contributed by atoms with E-state index in [0.29, 0.717) is 17.9 Å². The van der Waals surface area contributed by atoms with Gasteiger partial charge in [0, 0.05) is 6.07 Å². The molecule has 0 heterocycles. The Kier molecular flexibility index (Phi) is 7.34. The average Bonchev–Trinajstić information content (AvgIpc) is 2.70. The maximum Gasteiger partial charge on any atom is 0.413 e. The Morgan fingerprint density at radius 3 is 2.14 bits per heavy atom. The Labute approximate surface area is 160 Å². The number of amides is 3. The molecule has 0 unspecified atom stereocenters. The van der Waals surface area contributed by atoms with Crippen molar-refractivity contribution in [1.29, 1.82) is 0 Å². The van der Waals surface area contributed by atoms with Crippen LogP contribution in [0.5, 0.6) is 11.5 Å². The number of nitrogens with zero attached hydrogens (tertiary/aromatic N) is 1. The highest BCUT2D eigenvalue weighted by atomic mass is 16.5. The Bertz CT molecular complexity index is 850. The number of methoxy groups -OCH3 is 2. The third-order valence-corrected chi connectivity index (χ3v) is 3.21. The van der Waals surface area contributed by atoms with Gasteiger partial charge in [-0.3, -0.25) is 15.4 Å². The quantitative estimate of drug-likeness (QED) is 0.412. The Morgan fingerprint density at radius 2 is 1.57 bits per heavy atom. The molecule has 2 rings (SSSR count). The van der Waals surface area contributed by atoms with Crippen molar-refractivity contribution in [3.63, 3.8) is 0 Å². The maximum absolute atomic E-state index is 11.5. The highest BCUT2D eigenvalue weighted by Crippen LogP contribution is 2.31. The molecule has 0 saturated carbocycles. The number of hydrogen-bond acceptors (Lipinski definition) is 7. The van der Waals surface area contributed by atoms with Crippen molar-refractivity contribution in [1.82, 2.24) is 10.6 Å². The molecule has 10 heteroatoms. The van der Waals surface area contributed by atoms with E-state index in [-0.39, 0.29) is 17.3 Å². The fraction of sp³-hybridized carbons (Fsp3) is 0.111. The minimum Gasteiger partial charge on any atom is -0.457 e. The number of nitrogens with one attached hydrogen (secondary N) is 3. The summed E-state index contributed by atoms with van der Waals surface area (Å²) >= 11 is 0.